The van der Waals surface area contributed by atoms with Crippen LogP contribution in [0, 0.1) is 5.41 Å². The molecule has 0 unspecified atom stereocenters. The maximum atomic E-state index is 12.4. The van der Waals surface area contributed by atoms with E-state index in [4.69, 9.17) is 0 Å². The summed E-state index contributed by atoms with van der Waals surface area (Å²) in [7, 11) is 0. The number of aromatic nitrogens is 2. The molecule has 0 amide bonds. The molecule has 2 heterocycles. The van der Waals surface area contributed by atoms with Crippen molar-refractivity contribution in [1.29, 1.82) is 0 Å². The van der Waals surface area contributed by atoms with E-state index < -0.39 is 0 Å². The van der Waals surface area contributed by atoms with Gasteiger partial charge in [-0.05, 0) is 17.7 Å². The number of rotatable bonds is 2. The lowest BCUT2D eigenvalue weighted by molar-refractivity contribution is -0.483. The molecule has 0 radical (unpaired) electrons. The van der Waals surface area contributed by atoms with Gasteiger partial charge < -0.3 is 9.97 Å². The highest BCUT2D eigenvalue weighted by Crippen LogP contribution is 2.24. The fourth-order valence-electron chi connectivity index (χ4n) is 2.64. The summed E-state index contributed by atoms with van der Waals surface area (Å²) in [5.74, 6) is 0. The zero-order valence-corrected chi connectivity index (χ0v) is 14.5. The van der Waals surface area contributed by atoms with Crippen LogP contribution in [0.3, 0.4) is 0 Å². The van der Waals surface area contributed by atoms with E-state index in [0.29, 0.717) is 5.70 Å². The molecule has 3 rings (SSSR count). The van der Waals surface area contributed by atoms with Crippen LogP contribution in [0.25, 0.3) is 12.2 Å². The lowest BCUT2D eigenvalue weighted by Crippen LogP contribution is -2.81. The van der Waals surface area contributed by atoms with Crippen molar-refractivity contribution >= 4 is 18.5 Å². The minimum Gasteiger partial charge on any atom is -0.316 e. The largest absolute Gasteiger partial charge is 0.316 e. The topological polar surface area (TPSA) is 94.7 Å². The summed E-state index contributed by atoms with van der Waals surface area (Å²) in [6.45, 7) is 6.23. The average Bonchev–Trinajstić information content (AvgIpc) is 3.02. The number of hydrogen-bond acceptors (Lipinski definition) is 3. The van der Waals surface area contributed by atoms with E-state index >= 15 is 0 Å². The first-order valence-corrected chi connectivity index (χ1v) is 8.08. The van der Waals surface area contributed by atoms with Crippen LogP contribution in [0.5, 0.6) is 0 Å². The van der Waals surface area contributed by atoms with Gasteiger partial charge in [0.25, 0.3) is 11.1 Å². The number of hydrogen-bond donors (Lipinski definition) is 3. The SMILES string of the molecule is CC(C)(C)C1=C(/C=c2\[nH]c(=O)/c(=C/c3ccccc3)[nH]c2=O)N=C[NH2+]1. The second-order valence-electron chi connectivity index (χ2n) is 6.93. The Morgan fingerprint density at radius 3 is 2.16 bits per heavy atom. The third-order valence-corrected chi connectivity index (χ3v) is 3.92. The third-order valence-electron chi connectivity index (χ3n) is 3.92. The fourth-order valence-corrected chi connectivity index (χ4v) is 2.64. The molecule has 0 aliphatic carbocycles. The van der Waals surface area contributed by atoms with Gasteiger partial charge in [0, 0.05) is 5.41 Å². The molecule has 25 heavy (non-hydrogen) atoms. The number of benzene rings is 1. The second kappa shape index (κ2) is 6.49. The molecule has 4 N–H and O–H groups in total. The number of H-pyrrole nitrogens is 2. The molecule has 0 fully saturated rings. The van der Waals surface area contributed by atoms with E-state index in [1.54, 1.807) is 18.5 Å². The first-order valence-electron chi connectivity index (χ1n) is 8.08. The normalized spacial score (nSPS) is 16.1. The molecule has 0 saturated carbocycles. The number of nitrogens with one attached hydrogen (secondary N) is 2. The molecule has 0 saturated heterocycles. The van der Waals surface area contributed by atoms with Crippen LogP contribution < -0.4 is 27.1 Å². The van der Waals surface area contributed by atoms with Gasteiger partial charge in [0.1, 0.15) is 22.1 Å². The summed E-state index contributed by atoms with van der Waals surface area (Å²) in [4.78, 5) is 34.3. The van der Waals surface area contributed by atoms with E-state index in [1.807, 2.05) is 35.6 Å². The lowest BCUT2D eigenvalue weighted by Gasteiger charge is -2.16. The molecule has 1 aliphatic rings. The molecule has 2 aromatic rings. The molecule has 0 atom stereocenters. The summed E-state index contributed by atoms with van der Waals surface area (Å²) in [5, 5.41) is 2.34. The standard InChI is InChI=1S/C19H20N4O2/c1-19(2,3)16-13(20-11-21-16)10-15-18(25)22-14(17(24)23-15)9-12-7-5-4-6-8-12/h4-11H,1-3H3,(H,20,21)(H,22,25)(H,23,24)/p+1/b14-9-,15-10-. The highest BCUT2D eigenvalue weighted by Gasteiger charge is 2.27. The molecule has 1 aromatic heterocycles. The first-order chi connectivity index (χ1) is 11.8. The fraction of sp³-hybridized carbons (Fsp3) is 0.211. The van der Waals surface area contributed by atoms with Crippen molar-refractivity contribution in [3.8, 4) is 0 Å². The molecule has 1 aromatic carbocycles. The Hall–Kier alpha value is -2.99. The van der Waals surface area contributed by atoms with Crippen molar-refractivity contribution in [3.63, 3.8) is 0 Å². The van der Waals surface area contributed by atoms with Gasteiger partial charge in [0.15, 0.2) is 6.34 Å². The predicted octanol–water partition coefficient (Wildman–Crippen LogP) is -0.464. The van der Waals surface area contributed by atoms with Gasteiger partial charge in [0.2, 0.25) is 0 Å². The van der Waals surface area contributed by atoms with Gasteiger partial charge in [0.05, 0.1) is 0 Å². The van der Waals surface area contributed by atoms with Crippen LogP contribution in [0.1, 0.15) is 26.3 Å². The van der Waals surface area contributed by atoms with Crippen molar-refractivity contribution in [2.75, 3.05) is 0 Å². The molecule has 6 nitrogen and oxygen atoms in total. The van der Waals surface area contributed by atoms with Crippen LogP contribution in [-0.2, 0) is 0 Å². The zero-order chi connectivity index (χ0) is 18.0. The van der Waals surface area contributed by atoms with Gasteiger partial charge in [-0.25, -0.2) is 0 Å². The van der Waals surface area contributed by atoms with Crippen LogP contribution >= 0.6 is 0 Å². The van der Waals surface area contributed by atoms with Crippen molar-refractivity contribution in [2.24, 2.45) is 10.4 Å². The van der Waals surface area contributed by atoms with E-state index in [9.17, 15) is 9.59 Å². The number of nitrogens with two attached hydrogens (primary N) is 1. The quantitative estimate of drug-likeness (QED) is 0.691. The second-order valence-corrected chi connectivity index (χ2v) is 6.93. The number of allylic oxidation sites excluding steroid dienone is 2. The van der Waals surface area contributed by atoms with E-state index in [-0.39, 0.29) is 27.2 Å². The van der Waals surface area contributed by atoms with Gasteiger partial charge in [-0.15, -0.1) is 0 Å². The Morgan fingerprint density at radius 1 is 0.960 bits per heavy atom. The summed E-state index contributed by atoms with van der Waals surface area (Å²) in [5.41, 5.74) is 1.74. The first kappa shape index (κ1) is 16.9. The summed E-state index contributed by atoms with van der Waals surface area (Å²) in [6.07, 6.45) is 4.97. The van der Waals surface area contributed by atoms with Gasteiger partial charge >= 0.3 is 0 Å². The van der Waals surface area contributed by atoms with E-state index in [2.05, 4.69) is 35.7 Å². The minimum atomic E-state index is -0.357. The highest BCUT2D eigenvalue weighted by molar-refractivity contribution is 5.60. The number of aliphatic imine (C=N–C) groups is 1. The van der Waals surface area contributed by atoms with Crippen LogP contribution in [0.2, 0.25) is 0 Å². The highest BCUT2D eigenvalue weighted by atomic mass is 16.1. The Kier molecular flexibility index (Phi) is 4.37. The zero-order valence-electron chi connectivity index (χ0n) is 14.5. The molecule has 0 bridgehead atoms. The summed E-state index contributed by atoms with van der Waals surface area (Å²) in [6, 6.07) is 9.36. The maximum Gasteiger partial charge on any atom is 0.272 e. The Labute approximate surface area is 144 Å². The predicted molar refractivity (Wildman–Crippen MR) is 98.3 cm³/mol. The van der Waals surface area contributed by atoms with Gasteiger partial charge in [-0.2, -0.15) is 4.99 Å². The maximum absolute atomic E-state index is 12.4. The molecule has 128 valence electrons. The van der Waals surface area contributed by atoms with Gasteiger partial charge in [-0.3, -0.25) is 14.9 Å². The monoisotopic (exact) mass is 337 g/mol. The Bertz CT molecular complexity index is 1080. The van der Waals surface area contributed by atoms with Crippen LogP contribution in [-0.4, -0.2) is 16.3 Å². The van der Waals surface area contributed by atoms with Crippen LogP contribution in [0.4, 0.5) is 0 Å². The Balaban J connectivity index is 2.14. The number of aromatic amines is 2. The Morgan fingerprint density at radius 2 is 1.56 bits per heavy atom. The number of quaternary nitrogens is 1. The third kappa shape index (κ3) is 3.75. The molecule has 0 spiro atoms. The molecule has 6 heteroatoms. The summed E-state index contributed by atoms with van der Waals surface area (Å²) >= 11 is 0. The smallest absolute Gasteiger partial charge is 0.272 e. The number of nitrogens with zero attached hydrogens (tertiary/aromatic N) is 1. The summed E-state index contributed by atoms with van der Waals surface area (Å²) < 4.78 is 0. The average molecular weight is 337 g/mol. The lowest BCUT2D eigenvalue weighted by atomic mass is 9.91. The van der Waals surface area contributed by atoms with Crippen molar-refractivity contribution in [2.45, 2.75) is 20.8 Å². The van der Waals surface area contributed by atoms with E-state index in [0.717, 1.165) is 11.3 Å². The van der Waals surface area contributed by atoms with Gasteiger partial charge in [-0.1, -0.05) is 51.1 Å². The minimum absolute atomic E-state index is 0.101. The van der Waals surface area contributed by atoms with Crippen molar-refractivity contribution in [3.05, 3.63) is 78.7 Å². The molecular weight excluding hydrogens is 316 g/mol. The van der Waals surface area contributed by atoms with Crippen LogP contribution in [0.15, 0.2) is 56.3 Å². The molecule has 1 aliphatic heterocycles. The van der Waals surface area contributed by atoms with E-state index in [1.165, 1.54) is 0 Å². The van der Waals surface area contributed by atoms with Crippen molar-refractivity contribution in [1.82, 2.24) is 9.97 Å². The van der Waals surface area contributed by atoms with Crippen molar-refractivity contribution < 1.29 is 5.32 Å². The molecular formula is C19H21N4O2+.